The van der Waals surface area contributed by atoms with Crippen molar-refractivity contribution in [3.63, 3.8) is 0 Å². The van der Waals surface area contributed by atoms with Crippen LogP contribution in [0.5, 0.6) is 5.75 Å². The normalized spacial score (nSPS) is 11.6. The number of unbranched alkanes of at least 4 members (excludes halogenated alkanes) is 5. The first-order valence-corrected chi connectivity index (χ1v) is 12.8. The molecule has 0 aromatic heterocycles. The fraction of sp³-hybridized carbons (Fsp3) is 0.500. The first-order chi connectivity index (χ1) is 17.4. The van der Waals surface area contributed by atoms with Crippen LogP contribution >= 0.6 is 0 Å². The van der Waals surface area contributed by atoms with Gasteiger partial charge in [-0.1, -0.05) is 51.2 Å². The van der Waals surface area contributed by atoms with E-state index in [1.807, 2.05) is 12.1 Å². The smallest absolute Gasteiger partial charge is 0.333 e. The second-order valence-corrected chi connectivity index (χ2v) is 8.67. The second kappa shape index (κ2) is 16.5. The standard InChI is InChI=1S/C28H39FN2O5/c1-3-5-6-7-8-9-18-31(28(34)30-24-14-12-23(29)13-15-24)19-20-36-25-16-10-22(11-17-25)21-26(27(32)33)35-4-2/h10-17,26H,3-9,18-21H2,1-2H3,(H,30,34)(H,32,33). The maximum atomic E-state index is 13.2. The predicted molar refractivity (Wildman–Crippen MR) is 139 cm³/mol. The Hall–Kier alpha value is -3.13. The highest BCUT2D eigenvalue weighted by molar-refractivity contribution is 5.89. The van der Waals surface area contributed by atoms with Crippen LogP contribution in [0.1, 0.15) is 57.9 Å². The number of nitrogens with zero attached hydrogens (tertiary/aromatic N) is 1. The summed E-state index contributed by atoms with van der Waals surface area (Å²) in [5, 5.41) is 12.1. The Bertz CT molecular complexity index is 905. The molecule has 0 bridgehead atoms. The molecule has 7 nitrogen and oxygen atoms in total. The molecule has 2 amide bonds. The van der Waals surface area contributed by atoms with Crippen LogP contribution in [0.2, 0.25) is 0 Å². The number of urea groups is 1. The third kappa shape index (κ3) is 11.1. The molecule has 0 saturated carbocycles. The number of hydrogen-bond acceptors (Lipinski definition) is 4. The Labute approximate surface area is 213 Å². The Balaban J connectivity index is 1.88. The quantitative estimate of drug-likeness (QED) is 0.254. The van der Waals surface area contributed by atoms with Gasteiger partial charge >= 0.3 is 12.0 Å². The summed E-state index contributed by atoms with van der Waals surface area (Å²) in [6.07, 6.45) is 6.13. The number of nitrogens with one attached hydrogen (secondary N) is 1. The minimum absolute atomic E-state index is 0.246. The Morgan fingerprint density at radius 3 is 2.25 bits per heavy atom. The molecule has 36 heavy (non-hydrogen) atoms. The van der Waals surface area contributed by atoms with Crippen LogP contribution in [0.4, 0.5) is 14.9 Å². The van der Waals surface area contributed by atoms with Crippen molar-refractivity contribution in [1.29, 1.82) is 0 Å². The molecule has 0 heterocycles. The van der Waals surface area contributed by atoms with Crippen LogP contribution in [0.25, 0.3) is 0 Å². The number of anilines is 1. The molecule has 0 aliphatic rings. The van der Waals surface area contributed by atoms with E-state index in [0.717, 1.165) is 24.8 Å². The fourth-order valence-corrected chi connectivity index (χ4v) is 3.76. The fourth-order valence-electron chi connectivity index (χ4n) is 3.76. The zero-order valence-electron chi connectivity index (χ0n) is 21.4. The Kier molecular flexibility index (Phi) is 13.4. The van der Waals surface area contributed by atoms with E-state index in [9.17, 15) is 19.1 Å². The molecule has 0 spiro atoms. The summed E-state index contributed by atoms with van der Waals surface area (Å²) in [6.45, 7) is 5.60. The van der Waals surface area contributed by atoms with E-state index in [4.69, 9.17) is 9.47 Å². The lowest BCUT2D eigenvalue weighted by Gasteiger charge is -2.23. The zero-order valence-corrected chi connectivity index (χ0v) is 21.4. The molecule has 0 saturated heterocycles. The number of carboxylic acid groups (broad SMARTS) is 1. The maximum absolute atomic E-state index is 13.2. The van der Waals surface area contributed by atoms with Gasteiger partial charge in [-0.15, -0.1) is 0 Å². The van der Waals surface area contributed by atoms with Gasteiger partial charge in [0.05, 0.1) is 6.54 Å². The lowest BCUT2D eigenvalue weighted by Crippen LogP contribution is -2.38. The van der Waals surface area contributed by atoms with Crippen LogP contribution in [-0.2, 0) is 16.0 Å². The van der Waals surface area contributed by atoms with Crippen molar-refractivity contribution in [3.8, 4) is 5.75 Å². The van der Waals surface area contributed by atoms with Gasteiger partial charge < -0.3 is 24.8 Å². The van der Waals surface area contributed by atoms with E-state index in [2.05, 4.69) is 12.2 Å². The molecule has 2 rings (SSSR count). The summed E-state index contributed by atoms with van der Waals surface area (Å²) in [5.74, 6) is -0.699. The van der Waals surface area contributed by atoms with Crippen LogP contribution in [-0.4, -0.2) is 54.4 Å². The van der Waals surface area contributed by atoms with E-state index >= 15 is 0 Å². The van der Waals surface area contributed by atoms with Crippen LogP contribution in [0.3, 0.4) is 0 Å². The SMILES string of the molecule is CCCCCCCCN(CCOc1ccc(CC(OCC)C(=O)O)cc1)C(=O)Nc1ccc(F)cc1. The average molecular weight is 503 g/mol. The topological polar surface area (TPSA) is 88.1 Å². The number of rotatable bonds is 17. The van der Waals surface area contributed by atoms with Gasteiger partial charge in [0.2, 0.25) is 0 Å². The monoisotopic (exact) mass is 502 g/mol. The number of carbonyl (C=O) groups excluding carboxylic acids is 1. The van der Waals surface area contributed by atoms with Gasteiger partial charge in [0, 0.05) is 25.3 Å². The predicted octanol–water partition coefficient (Wildman–Crippen LogP) is 6.13. The van der Waals surface area contributed by atoms with Crippen molar-refractivity contribution in [2.24, 2.45) is 0 Å². The van der Waals surface area contributed by atoms with Gasteiger partial charge in [0.15, 0.2) is 6.10 Å². The number of benzene rings is 2. The van der Waals surface area contributed by atoms with Crippen molar-refractivity contribution in [3.05, 3.63) is 59.9 Å². The number of ether oxygens (including phenoxy) is 2. The third-order valence-electron chi connectivity index (χ3n) is 5.78. The molecule has 8 heteroatoms. The summed E-state index contributed by atoms with van der Waals surface area (Å²) in [6, 6.07) is 12.7. The molecule has 0 aliphatic heterocycles. The van der Waals surface area contributed by atoms with E-state index in [1.165, 1.54) is 43.5 Å². The number of amides is 2. The van der Waals surface area contributed by atoms with E-state index < -0.39 is 12.1 Å². The summed E-state index contributed by atoms with van der Waals surface area (Å²) in [4.78, 5) is 25.9. The molecular weight excluding hydrogens is 463 g/mol. The second-order valence-electron chi connectivity index (χ2n) is 8.67. The average Bonchev–Trinajstić information content (AvgIpc) is 2.87. The molecule has 2 N–H and O–H groups in total. The molecule has 2 aromatic carbocycles. The van der Waals surface area contributed by atoms with Gasteiger partial charge in [-0.25, -0.2) is 14.0 Å². The maximum Gasteiger partial charge on any atom is 0.333 e. The van der Waals surface area contributed by atoms with Crippen molar-refractivity contribution < 1.29 is 28.6 Å². The minimum atomic E-state index is -0.985. The summed E-state index contributed by atoms with van der Waals surface area (Å²) in [5.41, 5.74) is 1.38. The number of hydrogen-bond donors (Lipinski definition) is 2. The third-order valence-corrected chi connectivity index (χ3v) is 5.78. The molecule has 1 atom stereocenters. The minimum Gasteiger partial charge on any atom is -0.492 e. The van der Waals surface area contributed by atoms with Crippen LogP contribution in [0, 0.1) is 5.82 Å². The van der Waals surface area contributed by atoms with Gasteiger partial charge in [-0.2, -0.15) is 0 Å². The Morgan fingerprint density at radius 2 is 1.61 bits per heavy atom. The summed E-state index contributed by atoms with van der Waals surface area (Å²) in [7, 11) is 0. The zero-order chi connectivity index (χ0) is 26.2. The molecule has 0 radical (unpaired) electrons. The highest BCUT2D eigenvalue weighted by Gasteiger charge is 2.18. The first kappa shape index (κ1) is 29.1. The van der Waals surface area contributed by atoms with Crippen molar-refractivity contribution in [2.75, 3.05) is 31.6 Å². The molecule has 0 fully saturated rings. The number of carboxylic acids is 1. The van der Waals surface area contributed by atoms with Gasteiger partial charge in [0.25, 0.3) is 0 Å². The number of aliphatic carboxylic acids is 1. The van der Waals surface area contributed by atoms with Crippen molar-refractivity contribution in [2.45, 2.75) is 64.9 Å². The molecule has 0 aliphatic carbocycles. The molecule has 1 unspecified atom stereocenters. The number of halogens is 1. The Morgan fingerprint density at radius 1 is 0.944 bits per heavy atom. The largest absolute Gasteiger partial charge is 0.492 e. The molecule has 2 aromatic rings. The van der Waals surface area contributed by atoms with E-state index in [-0.39, 0.29) is 18.3 Å². The highest BCUT2D eigenvalue weighted by atomic mass is 19.1. The van der Waals surface area contributed by atoms with E-state index in [1.54, 1.807) is 24.0 Å². The van der Waals surface area contributed by atoms with Gasteiger partial charge in [-0.3, -0.25) is 0 Å². The van der Waals surface area contributed by atoms with Gasteiger partial charge in [-0.05, 0) is 55.3 Å². The summed E-state index contributed by atoms with van der Waals surface area (Å²) < 4.78 is 24.3. The lowest BCUT2D eigenvalue weighted by atomic mass is 10.1. The lowest BCUT2D eigenvalue weighted by molar-refractivity contribution is -0.149. The van der Waals surface area contributed by atoms with Crippen LogP contribution < -0.4 is 10.1 Å². The van der Waals surface area contributed by atoms with Crippen molar-refractivity contribution in [1.82, 2.24) is 4.90 Å². The van der Waals surface area contributed by atoms with Gasteiger partial charge in [0.1, 0.15) is 18.2 Å². The van der Waals surface area contributed by atoms with Crippen LogP contribution in [0.15, 0.2) is 48.5 Å². The van der Waals surface area contributed by atoms with Crippen molar-refractivity contribution >= 4 is 17.7 Å². The number of carbonyl (C=O) groups is 2. The molecular formula is C28H39FN2O5. The summed E-state index contributed by atoms with van der Waals surface area (Å²) >= 11 is 0. The first-order valence-electron chi connectivity index (χ1n) is 12.8. The van der Waals surface area contributed by atoms with E-state index in [0.29, 0.717) is 37.7 Å². The highest BCUT2D eigenvalue weighted by Crippen LogP contribution is 2.15. The molecule has 198 valence electrons.